The van der Waals surface area contributed by atoms with Gasteiger partial charge in [0.15, 0.2) is 0 Å². The van der Waals surface area contributed by atoms with Crippen LogP contribution in [0.2, 0.25) is 0 Å². The maximum atomic E-state index is 4.21. The summed E-state index contributed by atoms with van der Waals surface area (Å²) in [7, 11) is 0. The zero-order valence-corrected chi connectivity index (χ0v) is 10.8. The molecule has 0 unspecified atom stereocenters. The van der Waals surface area contributed by atoms with Gasteiger partial charge in [-0.1, -0.05) is 29.8 Å². The lowest BCUT2D eigenvalue weighted by Gasteiger charge is -2.14. The van der Waals surface area contributed by atoms with E-state index >= 15 is 0 Å². The number of hydrogen-bond acceptors (Lipinski definition) is 2. The van der Waals surface area contributed by atoms with Crippen LogP contribution in [-0.4, -0.2) is 28.2 Å². The maximum Gasteiger partial charge on any atom is 0.0695 e. The molecule has 1 N–H and O–H groups in total. The number of likely N-dealkylation sites (tertiary alicyclic amines) is 1. The van der Waals surface area contributed by atoms with Gasteiger partial charge in [0, 0.05) is 12.1 Å². The minimum absolute atomic E-state index is 1.01. The number of nitrogens with zero attached hydrogens (tertiary/aromatic N) is 2. The molecule has 94 valence electrons. The van der Waals surface area contributed by atoms with Crippen LogP contribution in [-0.2, 0) is 6.54 Å². The van der Waals surface area contributed by atoms with Gasteiger partial charge >= 0.3 is 0 Å². The van der Waals surface area contributed by atoms with Crippen molar-refractivity contribution in [3.05, 3.63) is 41.6 Å². The second-order valence-electron chi connectivity index (χ2n) is 5.12. The minimum Gasteiger partial charge on any atom is -0.299 e. The van der Waals surface area contributed by atoms with E-state index in [4.69, 9.17) is 0 Å². The molecule has 0 aliphatic carbocycles. The Morgan fingerprint density at radius 2 is 1.89 bits per heavy atom. The van der Waals surface area contributed by atoms with E-state index in [1.807, 2.05) is 6.20 Å². The third-order valence-corrected chi connectivity index (χ3v) is 3.65. The van der Waals surface area contributed by atoms with Gasteiger partial charge in [-0.2, -0.15) is 5.10 Å². The lowest BCUT2D eigenvalue weighted by molar-refractivity contribution is 0.332. The van der Waals surface area contributed by atoms with Gasteiger partial charge < -0.3 is 0 Å². The fourth-order valence-electron chi connectivity index (χ4n) is 2.58. The maximum absolute atomic E-state index is 4.21. The van der Waals surface area contributed by atoms with Crippen LogP contribution in [0.4, 0.5) is 0 Å². The second-order valence-corrected chi connectivity index (χ2v) is 5.12. The lowest BCUT2D eigenvalue weighted by atomic mass is 10.1. The van der Waals surface area contributed by atoms with Crippen LogP contribution in [0, 0.1) is 6.92 Å². The van der Waals surface area contributed by atoms with E-state index in [1.165, 1.54) is 48.3 Å². The third kappa shape index (κ3) is 2.31. The molecule has 0 atom stereocenters. The van der Waals surface area contributed by atoms with E-state index in [-0.39, 0.29) is 0 Å². The van der Waals surface area contributed by atoms with Gasteiger partial charge in [0.05, 0.1) is 11.9 Å². The van der Waals surface area contributed by atoms with Crippen LogP contribution in [0.25, 0.3) is 11.3 Å². The van der Waals surface area contributed by atoms with Gasteiger partial charge in [-0.15, -0.1) is 0 Å². The summed E-state index contributed by atoms with van der Waals surface area (Å²) in [5.41, 5.74) is 4.99. The predicted octanol–water partition coefficient (Wildman–Crippen LogP) is 2.98. The molecule has 3 rings (SSSR count). The molecule has 3 nitrogen and oxygen atoms in total. The normalized spacial score (nSPS) is 16.3. The number of aryl methyl sites for hydroxylation is 1. The molecular weight excluding hydrogens is 222 g/mol. The van der Waals surface area contributed by atoms with Crippen molar-refractivity contribution in [2.45, 2.75) is 26.3 Å². The number of H-pyrrole nitrogens is 1. The number of rotatable bonds is 3. The molecule has 3 heteroatoms. The lowest BCUT2D eigenvalue weighted by Crippen LogP contribution is -2.18. The quantitative estimate of drug-likeness (QED) is 0.896. The molecule has 1 fully saturated rings. The molecule has 0 saturated carbocycles. The molecule has 2 aromatic rings. The van der Waals surface area contributed by atoms with Crippen molar-refractivity contribution >= 4 is 0 Å². The van der Waals surface area contributed by atoms with Crippen molar-refractivity contribution < 1.29 is 0 Å². The smallest absolute Gasteiger partial charge is 0.0695 e. The minimum atomic E-state index is 1.01. The molecule has 0 amide bonds. The van der Waals surface area contributed by atoms with Crippen molar-refractivity contribution in [1.82, 2.24) is 15.1 Å². The molecule has 1 aliphatic heterocycles. The molecule has 1 saturated heterocycles. The Kier molecular flexibility index (Phi) is 3.15. The molecule has 0 spiro atoms. The van der Waals surface area contributed by atoms with E-state index in [9.17, 15) is 0 Å². The first-order valence-corrected chi connectivity index (χ1v) is 6.64. The van der Waals surface area contributed by atoms with Crippen molar-refractivity contribution in [3.63, 3.8) is 0 Å². The molecule has 1 aromatic heterocycles. The fourth-order valence-corrected chi connectivity index (χ4v) is 2.58. The topological polar surface area (TPSA) is 31.9 Å². The zero-order chi connectivity index (χ0) is 12.4. The van der Waals surface area contributed by atoms with E-state index in [0.29, 0.717) is 0 Å². The Labute approximate surface area is 108 Å². The Bertz CT molecular complexity index is 507. The zero-order valence-electron chi connectivity index (χ0n) is 10.8. The van der Waals surface area contributed by atoms with Crippen LogP contribution >= 0.6 is 0 Å². The van der Waals surface area contributed by atoms with Crippen LogP contribution in [0.1, 0.15) is 24.0 Å². The summed E-state index contributed by atoms with van der Waals surface area (Å²) in [5, 5.41) is 7.35. The van der Waals surface area contributed by atoms with Crippen LogP contribution in [0.3, 0.4) is 0 Å². The first-order chi connectivity index (χ1) is 8.83. The number of aromatic amines is 1. The Morgan fingerprint density at radius 3 is 2.61 bits per heavy atom. The highest BCUT2D eigenvalue weighted by Gasteiger charge is 2.15. The van der Waals surface area contributed by atoms with Gasteiger partial charge in [0.1, 0.15) is 0 Å². The van der Waals surface area contributed by atoms with Gasteiger partial charge in [0.25, 0.3) is 0 Å². The van der Waals surface area contributed by atoms with E-state index < -0.39 is 0 Å². The van der Waals surface area contributed by atoms with Crippen LogP contribution in [0.15, 0.2) is 30.5 Å². The van der Waals surface area contributed by atoms with Crippen LogP contribution in [0.5, 0.6) is 0 Å². The summed E-state index contributed by atoms with van der Waals surface area (Å²) in [5.74, 6) is 0. The van der Waals surface area contributed by atoms with E-state index in [1.54, 1.807) is 0 Å². The van der Waals surface area contributed by atoms with Gasteiger partial charge in [-0.05, 0) is 38.4 Å². The highest BCUT2D eigenvalue weighted by Crippen LogP contribution is 2.23. The van der Waals surface area contributed by atoms with Gasteiger partial charge in [0.2, 0.25) is 0 Å². The van der Waals surface area contributed by atoms with E-state index in [2.05, 4.69) is 46.3 Å². The summed E-state index contributed by atoms with van der Waals surface area (Å²) in [6.45, 7) is 5.57. The summed E-state index contributed by atoms with van der Waals surface area (Å²) >= 11 is 0. The number of nitrogens with one attached hydrogen (secondary N) is 1. The van der Waals surface area contributed by atoms with Crippen molar-refractivity contribution in [2.24, 2.45) is 0 Å². The number of hydrogen-bond donors (Lipinski definition) is 1. The molecular formula is C15H19N3. The summed E-state index contributed by atoms with van der Waals surface area (Å²) in [6.07, 6.45) is 4.63. The average Bonchev–Trinajstić information content (AvgIpc) is 3.02. The molecule has 1 aliphatic rings. The molecule has 18 heavy (non-hydrogen) atoms. The van der Waals surface area contributed by atoms with Crippen molar-refractivity contribution in [3.8, 4) is 11.3 Å². The summed E-state index contributed by atoms with van der Waals surface area (Å²) in [6, 6.07) is 8.62. The standard InChI is InChI=1S/C15H19N3/c1-12-4-6-13(7-5-12)15-14(10-16-17-15)11-18-8-2-3-9-18/h4-7,10H,2-3,8-9,11H2,1H3,(H,16,17). The molecule has 0 bridgehead atoms. The second kappa shape index (κ2) is 4.94. The monoisotopic (exact) mass is 241 g/mol. The first-order valence-electron chi connectivity index (χ1n) is 6.64. The van der Waals surface area contributed by atoms with Gasteiger partial charge in [-0.25, -0.2) is 0 Å². The Morgan fingerprint density at radius 1 is 1.17 bits per heavy atom. The SMILES string of the molecule is Cc1ccc(-c2[nH]ncc2CN2CCCC2)cc1. The molecule has 0 radical (unpaired) electrons. The molecule has 1 aromatic carbocycles. The average molecular weight is 241 g/mol. The van der Waals surface area contributed by atoms with Gasteiger partial charge in [-0.3, -0.25) is 10.00 Å². The highest BCUT2D eigenvalue weighted by atomic mass is 15.2. The first kappa shape index (κ1) is 11.5. The highest BCUT2D eigenvalue weighted by molar-refractivity contribution is 5.62. The molecule has 2 heterocycles. The Hall–Kier alpha value is -1.61. The largest absolute Gasteiger partial charge is 0.299 e. The van der Waals surface area contributed by atoms with Crippen molar-refractivity contribution in [2.75, 3.05) is 13.1 Å². The van der Waals surface area contributed by atoms with Crippen molar-refractivity contribution in [1.29, 1.82) is 0 Å². The third-order valence-electron chi connectivity index (χ3n) is 3.65. The summed E-state index contributed by atoms with van der Waals surface area (Å²) in [4.78, 5) is 2.50. The number of benzene rings is 1. The van der Waals surface area contributed by atoms with E-state index in [0.717, 1.165) is 6.54 Å². The predicted molar refractivity (Wildman–Crippen MR) is 73.3 cm³/mol. The Balaban J connectivity index is 1.84. The number of aromatic nitrogens is 2. The fraction of sp³-hybridized carbons (Fsp3) is 0.400. The summed E-state index contributed by atoms with van der Waals surface area (Å²) < 4.78 is 0. The van der Waals surface area contributed by atoms with Crippen LogP contribution < -0.4 is 0 Å².